The summed E-state index contributed by atoms with van der Waals surface area (Å²) in [5.41, 5.74) is 3.16. The number of hydrogen-bond acceptors (Lipinski definition) is 7. The number of pyridine rings is 1. The van der Waals surface area contributed by atoms with E-state index in [2.05, 4.69) is 27.7 Å². The normalized spacial score (nSPS) is 17.2. The highest BCUT2D eigenvalue weighted by atomic mass is 16.6. The molecular weight excluding hydrogens is 482 g/mol. The summed E-state index contributed by atoms with van der Waals surface area (Å²) in [5.74, 6) is 0.990. The number of anilines is 2. The van der Waals surface area contributed by atoms with Crippen LogP contribution in [-0.4, -0.2) is 42.0 Å². The SMILES string of the molecule is Cc1ccc(-c2ccc(C(=O)NC3CCC(Nc4cc(N(C)C)c5ccccc5n4)CC3)o2)c([N+](=O)[O-])c1. The van der Waals surface area contributed by atoms with Crippen molar-refractivity contribution < 1.29 is 14.1 Å². The standard InChI is InChI=1S/C29H31N5O4/c1-18-8-13-22(25(16-18)34(36)37)26-14-15-27(38-26)29(35)31-20-11-9-19(10-12-20)30-28-17-24(33(2)3)21-6-4-5-7-23(21)32-28/h4-8,13-17,19-20H,9-12H2,1-3H3,(H,30,32)(H,31,35). The monoisotopic (exact) mass is 513 g/mol. The minimum atomic E-state index is -0.439. The van der Waals surface area contributed by atoms with Crippen molar-refractivity contribution in [3.05, 3.63) is 82.1 Å². The van der Waals surface area contributed by atoms with Crippen molar-refractivity contribution in [1.82, 2.24) is 10.3 Å². The molecular formula is C29H31N5O4. The fraction of sp³-hybridized carbons (Fsp3) is 0.310. The predicted molar refractivity (Wildman–Crippen MR) is 149 cm³/mol. The van der Waals surface area contributed by atoms with Crippen molar-refractivity contribution in [2.75, 3.05) is 24.3 Å². The second-order valence-electron chi connectivity index (χ2n) is 10.0. The topological polar surface area (TPSA) is 114 Å². The lowest BCUT2D eigenvalue weighted by molar-refractivity contribution is -0.384. The third kappa shape index (κ3) is 5.32. The predicted octanol–water partition coefficient (Wildman–Crippen LogP) is 5.93. The van der Waals surface area contributed by atoms with E-state index in [1.165, 1.54) is 6.07 Å². The second-order valence-corrected chi connectivity index (χ2v) is 10.0. The van der Waals surface area contributed by atoms with Gasteiger partial charge in [-0.3, -0.25) is 14.9 Å². The van der Waals surface area contributed by atoms with Gasteiger partial charge < -0.3 is 20.0 Å². The fourth-order valence-corrected chi connectivity index (χ4v) is 5.05. The fourth-order valence-electron chi connectivity index (χ4n) is 5.05. The lowest BCUT2D eigenvalue weighted by atomic mass is 9.91. The number of aromatic nitrogens is 1. The van der Waals surface area contributed by atoms with E-state index in [4.69, 9.17) is 9.40 Å². The third-order valence-electron chi connectivity index (χ3n) is 7.04. The van der Waals surface area contributed by atoms with Gasteiger partial charge in [-0.15, -0.1) is 0 Å². The summed E-state index contributed by atoms with van der Waals surface area (Å²) in [5, 5.41) is 19.2. The smallest absolute Gasteiger partial charge is 0.287 e. The molecule has 1 aliphatic rings. The van der Waals surface area contributed by atoms with Gasteiger partial charge in [-0.1, -0.05) is 24.3 Å². The van der Waals surface area contributed by atoms with Crippen LogP contribution in [0.5, 0.6) is 0 Å². The number of carbonyl (C=O) groups excluding carboxylic acids is 1. The van der Waals surface area contributed by atoms with E-state index >= 15 is 0 Å². The molecule has 0 bridgehead atoms. The van der Waals surface area contributed by atoms with E-state index < -0.39 is 4.92 Å². The third-order valence-corrected chi connectivity index (χ3v) is 7.04. The first-order valence-electron chi connectivity index (χ1n) is 12.8. The highest BCUT2D eigenvalue weighted by Gasteiger charge is 2.25. The van der Waals surface area contributed by atoms with E-state index in [-0.39, 0.29) is 29.4 Å². The zero-order chi connectivity index (χ0) is 26.8. The Kier molecular flexibility index (Phi) is 7.00. The molecule has 0 aliphatic heterocycles. The molecule has 9 nitrogen and oxygen atoms in total. The Morgan fingerprint density at radius 3 is 2.50 bits per heavy atom. The van der Waals surface area contributed by atoms with E-state index in [1.807, 2.05) is 32.3 Å². The molecule has 38 heavy (non-hydrogen) atoms. The Morgan fingerprint density at radius 1 is 1.03 bits per heavy atom. The van der Waals surface area contributed by atoms with Crippen molar-refractivity contribution in [1.29, 1.82) is 0 Å². The number of nitrogens with one attached hydrogen (secondary N) is 2. The number of furan rings is 1. The highest BCUT2D eigenvalue weighted by Crippen LogP contribution is 2.33. The minimum Gasteiger partial charge on any atom is -0.451 e. The molecule has 0 atom stereocenters. The number of nitrogens with zero attached hydrogens (tertiary/aromatic N) is 3. The summed E-state index contributed by atoms with van der Waals surface area (Å²) >= 11 is 0. The van der Waals surface area contributed by atoms with E-state index in [0.717, 1.165) is 53.7 Å². The molecule has 5 rings (SSSR count). The van der Waals surface area contributed by atoms with Gasteiger partial charge in [0, 0.05) is 49.4 Å². The summed E-state index contributed by atoms with van der Waals surface area (Å²) < 4.78 is 5.73. The lowest BCUT2D eigenvalue weighted by Gasteiger charge is -2.30. The molecule has 1 aliphatic carbocycles. The molecule has 2 aromatic heterocycles. The van der Waals surface area contributed by atoms with Gasteiger partial charge in [-0.2, -0.15) is 0 Å². The average Bonchev–Trinajstić information content (AvgIpc) is 3.39. The van der Waals surface area contributed by atoms with Gasteiger partial charge in [0.25, 0.3) is 11.6 Å². The van der Waals surface area contributed by atoms with Crippen LogP contribution in [0.25, 0.3) is 22.2 Å². The van der Waals surface area contributed by atoms with Gasteiger partial charge in [-0.25, -0.2) is 4.98 Å². The van der Waals surface area contributed by atoms with Gasteiger partial charge in [0.1, 0.15) is 11.6 Å². The molecule has 0 spiro atoms. The molecule has 1 amide bonds. The van der Waals surface area contributed by atoms with Crippen LogP contribution in [-0.2, 0) is 0 Å². The zero-order valence-corrected chi connectivity index (χ0v) is 21.7. The molecule has 0 unspecified atom stereocenters. The van der Waals surface area contributed by atoms with Gasteiger partial charge in [0.05, 0.1) is 16.0 Å². The minimum absolute atomic E-state index is 0.0321. The Bertz CT molecular complexity index is 1490. The van der Waals surface area contributed by atoms with Crippen molar-refractivity contribution in [2.24, 2.45) is 0 Å². The molecule has 0 saturated heterocycles. The van der Waals surface area contributed by atoms with Crippen LogP contribution in [0.2, 0.25) is 0 Å². The highest BCUT2D eigenvalue weighted by molar-refractivity contribution is 5.93. The van der Waals surface area contributed by atoms with Crippen LogP contribution < -0.4 is 15.5 Å². The number of rotatable bonds is 7. The first-order chi connectivity index (χ1) is 18.3. The number of para-hydroxylation sites is 1. The number of nitro groups is 1. The number of nitro benzene ring substituents is 1. The Morgan fingerprint density at radius 2 is 1.76 bits per heavy atom. The molecule has 1 fully saturated rings. The first-order valence-corrected chi connectivity index (χ1v) is 12.8. The second kappa shape index (κ2) is 10.5. The van der Waals surface area contributed by atoms with Crippen molar-refractivity contribution in [2.45, 2.75) is 44.7 Å². The molecule has 4 aromatic rings. The van der Waals surface area contributed by atoms with Gasteiger partial charge in [0.2, 0.25) is 0 Å². The van der Waals surface area contributed by atoms with Gasteiger partial charge >= 0.3 is 0 Å². The van der Waals surface area contributed by atoms with Crippen LogP contribution >= 0.6 is 0 Å². The van der Waals surface area contributed by atoms with E-state index in [1.54, 1.807) is 31.2 Å². The number of hydrogen-bond donors (Lipinski definition) is 2. The van der Waals surface area contributed by atoms with Crippen molar-refractivity contribution in [3.63, 3.8) is 0 Å². The first kappa shape index (κ1) is 25.3. The summed E-state index contributed by atoms with van der Waals surface area (Å²) in [6.07, 6.45) is 3.45. The average molecular weight is 514 g/mol. The number of fused-ring (bicyclic) bond motifs is 1. The van der Waals surface area contributed by atoms with Crippen molar-refractivity contribution >= 4 is 34.0 Å². The Balaban J connectivity index is 1.20. The number of benzene rings is 2. The van der Waals surface area contributed by atoms with Crippen molar-refractivity contribution in [3.8, 4) is 11.3 Å². The quantitative estimate of drug-likeness (QED) is 0.233. The van der Waals surface area contributed by atoms with Crippen LogP contribution in [0.15, 0.2) is 65.1 Å². The van der Waals surface area contributed by atoms with Crippen LogP contribution in [0.1, 0.15) is 41.8 Å². The Labute approximate surface area is 221 Å². The van der Waals surface area contributed by atoms with Gasteiger partial charge in [-0.05, 0) is 62.4 Å². The zero-order valence-electron chi connectivity index (χ0n) is 21.7. The molecule has 1 saturated carbocycles. The summed E-state index contributed by atoms with van der Waals surface area (Å²) in [4.78, 5) is 30.8. The number of carbonyl (C=O) groups is 1. The summed E-state index contributed by atoms with van der Waals surface area (Å²) in [6.45, 7) is 1.79. The maximum Gasteiger partial charge on any atom is 0.287 e. The van der Waals surface area contributed by atoms with Crippen LogP contribution in [0, 0.1) is 17.0 Å². The largest absolute Gasteiger partial charge is 0.451 e. The van der Waals surface area contributed by atoms with E-state index in [0.29, 0.717) is 11.3 Å². The maximum atomic E-state index is 12.9. The lowest BCUT2D eigenvalue weighted by Crippen LogP contribution is -2.40. The molecule has 2 heterocycles. The molecule has 2 N–H and O–H groups in total. The van der Waals surface area contributed by atoms with Crippen LogP contribution in [0.4, 0.5) is 17.2 Å². The Hall–Kier alpha value is -4.40. The molecule has 9 heteroatoms. The molecule has 0 radical (unpaired) electrons. The maximum absolute atomic E-state index is 12.9. The van der Waals surface area contributed by atoms with Crippen LogP contribution in [0.3, 0.4) is 0 Å². The number of amides is 1. The molecule has 196 valence electrons. The number of aryl methyl sites for hydroxylation is 1. The van der Waals surface area contributed by atoms with E-state index in [9.17, 15) is 14.9 Å². The molecule has 2 aromatic carbocycles. The van der Waals surface area contributed by atoms with Gasteiger partial charge in [0.15, 0.2) is 5.76 Å². The summed E-state index contributed by atoms with van der Waals surface area (Å²) in [6, 6.07) is 18.6. The summed E-state index contributed by atoms with van der Waals surface area (Å²) in [7, 11) is 4.06.